The minimum absolute atomic E-state index is 0.312. The maximum Gasteiger partial charge on any atom is 0.250 e. The molecule has 1 aliphatic rings. The van der Waals surface area contributed by atoms with Crippen LogP contribution in [0.2, 0.25) is 5.02 Å². The molecule has 2 aromatic rings. The van der Waals surface area contributed by atoms with E-state index < -0.39 is 5.91 Å². The number of carbonyl (C=O) groups excluding carboxylic acids is 1. The predicted octanol–water partition coefficient (Wildman–Crippen LogP) is 2.93. The first-order valence-electron chi connectivity index (χ1n) is 8.70. The fourth-order valence-electron chi connectivity index (χ4n) is 3.16. The normalized spacial score (nSPS) is 14.7. The Kier molecular flexibility index (Phi) is 5.91. The van der Waals surface area contributed by atoms with Crippen molar-refractivity contribution >= 4 is 29.0 Å². The highest BCUT2D eigenvalue weighted by Gasteiger charge is 2.22. The van der Waals surface area contributed by atoms with Gasteiger partial charge in [0.25, 0.3) is 0 Å². The SMILES string of the molecule is COc1cc(NC2CCN(c3ncc(C(N)=O)cc3Cl)CC2)cc(OC)c1. The average Bonchev–Trinajstić information content (AvgIpc) is 2.68. The molecule has 3 N–H and O–H groups in total. The smallest absolute Gasteiger partial charge is 0.250 e. The number of pyridine rings is 1. The van der Waals surface area contributed by atoms with Crippen molar-refractivity contribution in [2.24, 2.45) is 5.73 Å². The Labute approximate surface area is 163 Å². The van der Waals surface area contributed by atoms with Crippen LogP contribution in [0.3, 0.4) is 0 Å². The van der Waals surface area contributed by atoms with Gasteiger partial charge < -0.3 is 25.4 Å². The second kappa shape index (κ2) is 8.35. The molecule has 0 unspecified atom stereocenters. The van der Waals surface area contributed by atoms with Crippen LogP contribution < -0.4 is 25.4 Å². The molecule has 0 bridgehead atoms. The number of benzene rings is 1. The Morgan fingerprint density at radius 2 is 1.81 bits per heavy atom. The second-order valence-electron chi connectivity index (χ2n) is 6.40. The van der Waals surface area contributed by atoms with Crippen LogP contribution >= 0.6 is 11.6 Å². The average molecular weight is 391 g/mol. The quantitative estimate of drug-likeness (QED) is 0.788. The number of hydrogen-bond acceptors (Lipinski definition) is 6. The summed E-state index contributed by atoms with van der Waals surface area (Å²) in [5.41, 5.74) is 6.54. The Morgan fingerprint density at radius 3 is 2.33 bits per heavy atom. The summed E-state index contributed by atoms with van der Waals surface area (Å²) in [5, 5.41) is 3.98. The molecule has 3 rings (SSSR count). The van der Waals surface area contributed by atoms with E-state index in [9.17, 15) is 4.79 Å². The molecule has 1 aliphatic heterocycles. The van der Waals surface area contributed by atoms with Gasteiger partial charge in [0.1, 0.15) is 17.3 Å². The van der Waals surface area contributed by atoms with Crippen LogP contribution in [0, 0.1) is 0 Å². The highest BCUT2D eigenvalue weighted by atomic mass is 35.5. The molecule has 7 nitrogen and oxygen atoms in total. The van der Waals surface area contributed by atoms with Gasteiger partial charge in [0, 0.05) is 49.2 Å². The lowest BCUT2D eigenvalue weighted by molar-refractivity contribution is 0.1000. The first kappa shape index (κ1) is 19.1. The monoisotopic (exact) mass is 390 g/mol. The van der Waals surface area contributed by atoms with Crippen LogP contribution in [0.1, 0.15) is 23.2 Å². The number of rotatable bonds is 6. The lowest BCUT2D eigenvalue weighted by Gasteiger charge is -2.34. The molecule has 1 amide bonds. The third-order valence-corrected chi connectivity index (χ3v) is 4.90. The first-order chi connectivity index (χ1) is 13.0. The number of aromatic nitrogens is 1. The largest absolute Gasteiger partial charge is 0.497 e. The van der Waals surface area contributed by atoms with Gasteiger partial charge in [0.2, 0.25) is 5.91 Å². The minimum atomic E-state index is -0.535. The number of amides is 1. The van der Waals surface area contributed by atoms with Gasteiger partial charge in [0.15, 0.2) is 0 Å². The summed E-state index contributed by atoms with van der Waals surface area (Å²) in [6.07, 6.45) is 3.32. The molecule has 2 heterocycles. The van der Waals surface area contributed by atoms with Crippen molar-refractivity contribution in [2.75, 3.05) is 37.5 Å². The van der Waals surface area contributed by atoms with Crippen LogP contribution in [0.5, 0.6) is 11.5 Å². The van der Waals surface area contributed by atoms with E-state index >= 15 is 0 Å². The standard InChI is InChI=1S/C19H23ClN4O3/c1-26-15-8-14(9-16(10-15)27-2)23-13-3-5-24(6-4-13)19-17(20)7-12(11-22-19)18(21)25/h7-11,13,23H,3-6H2,1-2H3,(H2,21,25). The van der Waals surface area contributed by atoms with Crippen molar-refractivity contribution < 1.29 is 14.3 Å². The van der Waals surface area contributed by atoms with E-state index in [0.717, 1.165) is 43.1 Å². The number of halogens is 1. The van der Waals surface area contributed by atoms with Crippen molar-refractivity contribution in [3.63, 3.8) is 0 Å². The summed E-state index contributed by atoms with van der Waals surface area (Å²) in [6, 6.07) is 7.64. The maximum absolute atomic E-state index is 11.2. The van der Waals surface area contributed by atoms with Crippen LogP contribution in [0.15, 0.2) is 30.5 Å². The van der Waals surface area contributed by atoms with Gasteiger partial charge in [-0.1, -0.05) is 11.6 Å². The van der Waals surface area contributed by atoms with E-state index in [1.807, 2.05) is 18.2 Å². The Balaban J connectivity index is 1.63. The number of piperidine rings is 1. The molecular weight excluding hydrogens is 368 g/mol. The molecule has 0 saturated carbocycles. The molecule has 1 aromatic carbocycles. The summed E-state index contributed by atoms with van der Waals surface area (Å²) in [6.45, 7) is 1.61. The lowest BCUT2D eigenvalue weighted by Crippen LogP contribution is -2.39. The molecule has 144 valence electrons. The fourth-order valence-corrected chi connectivity index (χ4v) is 3.45. The van der Waals surface area contributed by atoms with Gasteiger partial charge in [-0.2, -0.15) is 0 Å². The summed E-state index contributed by atoms with van der Waals surface area (Å²) in [5.74, 6) is 1.65. The van der Waals surface area contributed by atoms with Crippen LogP contribution in [-0.4, -0.2) is 44.2 Å². The molecule has 1 fully saturated rings. The number of anilines is 2. The van der Waals surface area contributed by atoms with E-state index in [-0.39, 0.29) is 0 Å². The minimum Gasteiger partial charge on any atom is -0.497 e. The first-order valence-corrected chi connectivity index (χ1v) is 9.08. The zero-order chi connectivity index (χ0) is 19.4. The van der Waals surface area contributed by atoms with Gasteiger partial charge in [0.05, 0.1) is 24.8 Å². The second-order valence-corrected chi connectivity index (χ2v) is 6.81. The molecule has 1 aromatic heterocycles. The highest BCUT2D eigenvalue weighted by Crippen LogP contribution is 2.30. The van der Waals surface area contributed by atoms with Gasteiger partial charge in [-0.05, 0) is 18.9 Å². The topological polar surface area (TPSA) is 89.7 Å². The van der Waals surface area contributed by atoms with Crippen LogP contribution in [-0.2, 0) is 0 Å². The van der Waals surface area contributed by atoms with Crippen LogP contribution in [0.25, 0.3) is 0 Å². The number of hydrogen-bond donors (Lipinski definition) is 2. The van der Waals surface area contributed by atoms with E-state index in [1.54, 1.807) is 20.3 Å². The summed E-state index contributed by atoms with van der Waals surface area (Å²) in [4.78, 5) is 17.7. The highest BCUT2D eigenvalue weighted by molar-refractivity contribution is 6.33. The van der Waals surface area contributed by atoms with Gasteiger partial charge in [-0.25, -0.2) is 4.98 Å². The van der Waals surface area contributed by atoms with Gasteiger partial charge in [-0.15, -0.1) is 0 Å². The number of primary amides is 1. The molecule has 0 aliphatic carbocycles. The molecule has 27 heavy (non-hydrogen) atoms. The fraction of sp³-hybridized carbons (Fsp3) is 0.368. The Bertz CT molecular complexity index is 800. The zero-order valence-corrected chi connectivity index (χ0v) is 16.1. The molecule has 8 heteroatoms. The molecular formula is C19H23ClN4O3. The number of nitrogens with one attached hydrogen (secondary N) is 1. The Morgan fingerprint density at radius 1 is 1.19 bits per heavy atom. The van der Waals surface area contributed by atoms with Gasteiger partial charge >= 0.3 is 0 Å². The van der Waals surface area contributed by atoms with E-state index in [2.05, 4.69) is 15.2 Å². The number of nitrogens with two attached hydrogens (primary N) is 1. The van der Waals surface area contributed by atoms with E-state index in [1.165, 1.54) is 6.20 Å². The number of methoxy groups -OCH3 is 2. The zero-order valence-electron chi connectivity index (χ0n) is 15.4. The van der Waals surface area contributed by atoms with Crippen molar-refractivity contribution in [3.05, 3.63) is 41.0 Å². The third-order valence-electron chi connectivity index (χ3n) is 4.62. The van der Waals surface area contributed by atoms with E-state index in [0.29, 0.717) is 22.4 Å². The lowest BCUT2D eigenvalue weighted by atomic mass is 10.0. The number of ether oxygens (including phenoxy) is 2. The van der Waals surface area contributed by atoms with Crippen molar-refractivity contribution in [1.29, 1.82) is 0 Å². The van der Waals surface area contributed by atoms with E-state index in [4.69, 9.17) is 26.8 Å². The van der Waals surface area contributed by atoms with Crippen molar-refractivity contribution in [3.8, 4) is 11.5 Å². The summed E-state index contributed by atoms with van der Waals surface area (Å²) < 4.78 is 10.6. The molecule has 0 spiro atoms. The number of nitrogens with zero attached hydrogens (tertiary/aromatic N) is 2. The maximum atomic E-state index is 11.2. The number of carbonyl (C=O) groups is 1. The summed E-state index contributed by atoms with van der Waals surface area (Å²) in [7, 11) is 3.27. The van der Waals surface area contributed by atoms with Crippen molar-refractivity contribution in [2.45, 2.75) is 18.9 Å². The molecule has 0 radical (unpaired) electrons. The van der Waals surface area contributed by atoms with Crippen LogP contribution in [0.4, 0.5) is 11.5 Å². The van der Waals surface area contributed by atoms with Crippen molar-refractivity contribution in [1.82, 2.24) is 4.98 Å². The predicted molar refractivity (Wildman–Crippen MR) is 106 cm³/mol. The molecule has 0 atom stereocenters. The summed E-state index contributed by atoms with van der Waals surface area (Å²) >= 11 is 6.28. The third kappa shape index (κ3) is 4.54. The molecule has 1 saturated heterocycles. The Hall–Kier alpha value is -2.67. The van der Waals surface area contributed by atoms with Gasteiger partial charge in [-0.3, -0.25) is 4.79 Å².